The highest BCUT2D eigenvalue weighted by molar-refractivity contribution is 6.08. The molecule has 0 bridgehead atoms. The van der Waals surface area contributed by atoms with E-state index in [2.05, 4.69) is 10.3 Å². The largest absolute Gasteiger partial charge is 0.504 e. The molecule has 0 fully saturated rings. The molecule has 3 rings (SSSR count). The van der Waals surface area contributed by atoms with Gasteiger partial charge in [-0.2, -0.15) is 0 Å². The fourth-order valence-electron chi connectivity index (χ4n) is 1.95. The molecule has 4 heteroatoms. The van der Waals surface area contributed by atoms with E-state index in [1.54, 1.807) is 12.1 Å². The first kappa shape index (κ1) is 10.5. The van der Waals surface area contributed by atoms with Crippen molar-refractivity contribution >= 4 is 11.7 Å². The number of amides is 1. The molecular weight excluding hydrogens is 228 g/mol. The number of anilines is 1. The molecule has 4 nitrogen and oxygen atoms in total. The highest BCUT2D eigenvalue weighted by Gasteiger charge is 2.20. The highest BCUT2D eigenvalue weighted by atomic mass is 16.3. The van der Waals surface area contributed by atoms with Crippen LogP contribution in [-0.2, 0) is 4.79 Å². The minimum atomic E-state index is -0.273. The van der Waals surface area contributed by atoms with E-state index in [4.69, 9.17) is 0 Å². The molecule has 1 heterocycles. The zero-order valence-corrected chi connectivity index (χ0v) is 9.42. The van der Waals surface area contributed by atoms with E-state index in [0.717, 1.165) is 11.1 Å². The molecule has 0 aliphatic heterocycles. The lowest BCUT2D eigenvalue weighted by molar-refractivity contribution is -0.112. The first-order valence-electron chi connectivity index (χ1n) is 5.52. The smallest absolute Gasteiger partial charge is 0.257 e. The Morgan fingerprint density at radius 1 is 1.28 bits per heavy atom. The van der Waals surface area contributed by atoms with E-state index < -0.39 is 0 Å². The Labute approximate surface area is 104 Å². The fraction of sp³-hybridized carbons (Fsp3) is 0. The highest BCUT2D eigenvalue weighted by Crippen LogP contribution is 2.30. The third kappa shape index (κ3) is 1.64. The monoisotopic (exact) mass is 238 g/mol. The molecule has 0 spiro atoms. The number of nitrogens with one attached hydrogen (secondary N) is 1. The molecule has 88 valence electrons. The Bertz CT molecular complexity index is 652. The lowest BCUT2D eigenvalue weighted by Crippen LogP contribution is -2.14. The molecule has 2 N–H and O–H groups in total. The summed E-state index contributed by atoms with van der Waals surface area (Å²) in [5.41, 5.74) is 2.52. The molecule has 1 amide bonds. The van der Waals surface area contributed by atoms with E-state index >= 15 is 0 Å². The number of carbonyl (C=O) groups is 1. The van der Waals surface area contributed by atoms with Gasteiger partial charge in [0.25, 0.3) is 5.91 Å². The SMILES string of the molecule is O=C(Nc1ncccc1O)C1=C2C=CC=C2C=C1. The minimum Gasteiger partial charge on any atom is -0.504 e. The molecule has 1 aromatic heterocycles. The molecule has 18 heavy (non-hydrogen) atoms. The van der Waals surface area contributed by atoms with Crippen molar-refractivity contribution in [3.8, 4) is 5.75 Å². The summed E-state index contributed by atoms with van der Waals surface area (Å²) >= 11 is 0. The van der Waals surface area contributed by atoms with Gasteiger partial charge in [0.1, 0.15) is 0 Å². The molecule has 0 radical (unpaired) electrons. The summed E-state index contributed by atoms with van der Waals surface area (Å²) < 4.78 is 0. The summed E-state index contributed by atoms with van der Waals surface area (Å²) in [6, 6.07) is 3.08. The van der Waals surface area contributed by atoms with Crippen LogP contribution < -0.4 is 5.32 Å². The van der Waals surface area contributed by atoms with Crippen LogP contribution in [-0.4, -0.2) is 16.0 Å². The predicted molar refractivity (Wildman–Crippen MR) is 67.9 cm³/mol. The van der Waals surface area contributed by atoms with Gasteiger partial charge in [-0.3, -0.25) is 4.79 Å². The molecule has 0 aromatic carbocycles. The third-order valence-electron chi connectivity index (χ3n) is 2.83. The second-order valence-corrected chi connectivity index (χ2v) is 3.97. The number of rotatable bonds is 2. The molecule has 0 saturated heterocycles. The molecular formula is C14H10N2O2. The Morgan fingerprint density at radius 3 is 3.00 bits per heavy atom. The van der Waals surface area contributed by atoms with Crippen molar-refractivity contribution in [2.45, 2.75) is 0 Å². The van der Waals surface area contributed by atoms with Crippen LogP contribution in [0.5, 0.6) is 5.75 Å². The van der Waals surface area contributed by atoms with Crippen LogP contribution in [0.3, 0.4) is 0 Å². The van der Waals surface area contributed by atoms with Gasteiger partial charge < -0.3 is 10.4 Å². The van der Waals surface area contributed by atoms with E-state index in [0.29, 0.717) is 5.57 Å². The van der Waals surface area contributed by atoms with Crippen molar-refractivity contribution in [1.29, 1.82) is 0 Å². The minimum absolute atomic E-state index is 0.0452. The third-order valence-corrected chi connectivity index (χ3v) is 2.83. The van der Waals surface area contributed by atoms with Crippen LogP contribution in [0, 0.1) is 0 Å². The van der Waals surface area contributed by atoms with Gasteiger partial charge in [0, 0.05) is 11.8 Å². The zero-order chi connectivity index (χ0) is 12.5. The molecule has 0 unspecified atom stereocenters. The number of nitrogens with zero attached hydrogens (tertiary/aromatic N) is 1. The number of fused-ring (bicyclic) bond motifs is 1. The molecule has 2 aliphatic rings. The van der Waals surface area contributed by atoms with E-state index in [-0.39, 0.29) is 17.5 Å². The summed E-state index contributed by atoms with van der Waals surface area (Å²) in [4.78, 5) is 16.0. The van der Waals surface area contributed by atoms with Crippen molar-refractivity contribution in [2.75, 3.05) is 5.32 Å². The Morgan fingerprint density at radius 2 is 2.17 bits per heavy atom. The average Bonchev–Trinajstić information content (AvgIpc) is 2.93. The zero-order valence-electron chi connectivity index (χ0n) is 9.42. The van der Waals surface area contributed by atoms with Crippen molar-refractivity contribution < 1.29 is 9.90 Å². The number of carbonyl (C=O) groups excluding carboxylic acids is 1. The Kier molecular flexibility index (Phi) is 2.34. The number of pyridine rings is 1. The van der Waals surface area contributed by atoms with Gasteiger partial charge in [-0.15, -0.1) is 0 Å². The van der Waals surface area contributed by atoms with Gasteiger partial charge in [0.05, 0.1) is 0 Å². The molecule has 1 aromatic rings. The van der Waals surface area contributed by atoms with Gasteiger partial charge in [0.15, 0.2) is 11.6 Å². The summed E-state index contributed by atoms with van der Waals surface area (Å²) in [7, 11) is 0. The lowest BCUT2D eigenvalue weighted by Gasteiger charge is -2.06. The molecule has 0 atom stereocenters. The summed E-state index contributed by atoms with van der Waals surface area (Å²) in [5.74, 6) is -0.148. The fourth-order valence-corrected chi connectivity index (χ4v) is 1.95. The van der Waals surface area contributed by atoms with Crippen LogP contribution in [0.2, 0.25) is 0 Å². The number of aromatic hydroxyl groups is 1. The van der Waals surface area contributed by atoms with E-state index in [1.165, 1.54) is 12.3 Å². The predicted octanol–water partition coefficient (Wildman–Crippen LogP) is 2.09. The van der Waals surface area contributed by atoms with Gasteiger partial charge in [-0.05, 0) is 29.4 Å². The van der Waals surface area contributed by atoms with Crippen LogP contribution in [0.1, 0.15) is 0 Å². The number of allylic oxidation sites excluding steroid dienone is 6. The van der Waals surface area contributed by atoms with Gasteiger partial charge >= 0.3 is 0 Å². The quantitative estimate of drug-likeness (QED) is 0.829. The number of hydrogen-bond acceptors (Lipinski definition) is 3. The van der Waals surface area contributed by atoms with Gasteiger partial charge in [-0.25, -0.2) is 4.98 Å². The van der Waals surface area contributed by atoms with Crippen LogP contribution in [0.15, 0.2) is 65.4 Å². The maximum atomic E-state index is 12.1. The maximum absolute atomic E-state index is 12.1. The van der Waals surface area contributed by atoms with Crippen LogP contribution in [0.25, 0.3) is 0 Å². The van der Waals surface area contributed by atoms with Crippen LogP contribution >= 0.6 is 0 Å². The second kappa shape index (κ2) is 4.00. The lowest BCUT2D eigenvalue weighted by atomic mass is 10.1. The van der Waals surface area contributed by atoms with E-state index in [1.807, 2.05) is 24.3 Å². The molecule has 2 aliphatic carbocycles. The van der Waals surface area contributed by atoms with Crippen LogP contribution in [0.4, 0.5) is 5.82 Å². The van der Waals surface area contributed by atoms with Crippen molar-refractivity contribution in [1.82, 2.24) is 4.98 Å². The first-order valence-corrected chi connectivity index (χ1v) is 5.52. The topological polar surface area (TPSA) is 62.2 Å². The second-order valence-electron chi connectivity index (χ2n) is 3.97. The van der Waals surface area contributed by atoms with E-state index in [9.17, 15) is 9.90 Å². The first-order chi connectivity index (χ1) is 8.75. The van der Waals surface area contributed by atoms with Crippen molar-refractivity contribution in [2.24, 2.45) is 0 Å². The van der Waals surface area contributed by atoms with Crippen molar-refractivity contribution in [3.05, 3.63) is 65.4 Å². The van der Waals surface area contributed by atoms with Gasteiger partial charge in [0.2, 0.25) is 0 Å². The average molecular weight is 238 g/mol. The number of hydrogen-bond donors (Lipinski definition) is 2. The van der Waals surface area contributed by atoms with Gasteiger partial charge in [-0.1, -0.05) is 24.3 Å². The standard InChI is InChI=1S/C14H10N2O2/c17-12-5-2-8-15-13(12)16-14(18)11-7-6-9-3-1-4-10(9)11/h1-8,17H,(H,15,16,18). The summed E-state index contributed by atoms with van der Waals surface area (Å²) in [5, 5.41) is 12.1. The molecule has 0 saturated carbocycles. The normalized spacial score (nSPS) is 15.9. The maximum Gasteiger partial charge on any atom is 0.257 e. The Balaban J connectivity index is 1.88. The summed E-state index contributed by atoms with van der Waals surface area (Å²) in [6.07, 6.45) is 10.9. The summed E-state index contributed by atoms with van der Waals surface area (Å²) in [6.45, 7) is 0. The Hall–Kier alpha value is -2.62. The van der Waals surface area contributed by atoms with Crippen molar-refractivity contribution in [3.63, 3.8) is 0 Å². The number of aromatic nitrogens is 1.